The van der Waals surface area contributed by atoms with E-state index >= 15 is 0 Å². The second-order valence-corrected chi connectivity index (χ2v) is 6.72. The molecule has 0 unspecified atom stereocenters. The molecule has 0 radical (unpaired) electrons. The first-order valence-electron chi connectivity index (χ1n) is 7.84. The van der Waals surface area contributed by atoms with Crippen molar-refractivity contribution in [2.45, 2.75) is 36.8 Å². The first-order chi connectivity index (χ1) is 12.0. The van der Waals surface area contributed by atoms with E-state index in [1.54, 1.807) is 26.2 Å². The molecule has 2 rings (SSSR count). The van der Waals surface area contributed by atoms with Gasteiger partial charge < -0.3 is 10.1 Å². The van der Waals surface area contributed by atoms with Crippen molar-refractivity contribution in [1.82, 2.24) is 20.1 Å². The molecule has 1 amide bonds. The minimum atomic E-state index is -0.433. The number of ether oxygens (including phenoxy) is 1. The zero-order chi connectivity index (χ0) is 18.2. The van der Waals surface area contributed by atoms with Crippen molar-refractivity contribution >= 4 is 17.7 Å². The summed E-state index contributed by atoms with van der Waals surface area (Å²) in [4.78, 5) is 24.0. The monoisotopic (exact) mass is 368 g/mol. The predicted molar refractivity (Wildman–Crippen MR) is 92.9 cm³/mol. The SMILES string of the molecule is COCCCn1c(S[C@H](C)C(=O)NCc2ccc(F)cc2)n[nH]c1=O. The van der Waals surface area contributed by atoms with Gasteiger partial charge >= 0.3 is 5.69 Å². The third-order valence-corrected chi connectivity index (χ3v) is 4.57. The second-order valence-electron chi connectivity index (χ2n) is 5.41. The van der Waals surface area contributed by atoms with Crippen molar-refractivity contribution in [2.75, 3.05) is 13.7 Å². The lowest BCUT2D eigenvalue weighted by atomic mass is 10.2. The van der Waals surface area contributed by atoms with E-state index in [4.69, 9.17) is 4.74 Å². The number of aromatic nitrogens is 3. The molecule has 1 heterocycles. The highest BCUT2D eigenvalue weighted by molar-refractivity contribution is 8.00. The number of thioether (sulfide) groups is 1. The molecule has 0 saturated heterocycles. The van der Waals surface area contributed by atoms with E-state index in [0.29, 0.717) is 31.3 Å². The molecule has 0 saturated carbocycles. The number of amides is 1. The molecule has 0 bridgehead atoms. The summed E-state index contributed by atoms with van der Waals surface area (Å²) in [7, 11) is 1.60. The largest absolute Gasteiger partial charge is 0.385 e. The molecule has 0 aliphatic rings. The highest BCUT2D eigenvalue weighted by Gasteiger charge is 2.18. The van der Waals surface area contributed by atoms with Gasteiger partial charge in [0, 0.05) is 26.8 Å². The fourth-order valence-electron chi connectivity index (χ4n) is 2.10. The number of benzene rings is 1. The number of H-pyrrole nitrogens is 1. The van der Waals surface area contributed by atoms with E-state index in [-0.39, 0.29) is 17.4 Å². The number of aromatic amines is 1. The first-order valence-corrected chi connectivity index (χ1v) is 8.72. The molecule has 7 nitrogen and oxygen atoms in total. The zero-order valence-corrected chi connectivity index (χ0v) is 14.9. The van der Waals surface area contributed by atoms with Crippen molar-refractivity contribution < 1.29 is 13.9 Å². The lowest BCUT2D eigenvalue weighted by Gasteiger charge is -2.12. The van der Waals surface area contributed by atoms with Gasteiger partial charge in [-0.25, -0.2) is 14.3 Å². The van der Waals surface area contributed by atoms with Crippen LogP contribution in [-0.4, -0.2) is 39.6 Å². The van der Waals surface area contributed by atoms with E-state index in [0.717, 1.165) is 5.56 Å². The van der Waals surface area contributed by atoms with Crippen molar-refractivity contribution in [2.24, 2.45) is 0 Å². The Morgan fingerprint density at radius 1 is 1.44 bits per heavy atom. The van der Waals surface area contributed by atoms with Crippen LogP contribution in [0.25, 0.3) is 0 Å². The lowest BCUT2D eigenvalue weighted by molar-refractivity contribution is -0.120. The zero-order valence-electron chi connectivity index (χ0n) is 14.1. The van der Waals surface area contributed by atoms with E-state index < -0.39 is 5.25 Å². The van der Waals surface area contributed by atoms with Crippen LogP contribution in [0.4, 0.5) is 4.39 Å². The average Bonchev–Trinajstić information content (AvgIpc) is 2.94. The van der Waals surface area contributed by atoms with Crippen LogP contribution in [0.2, 0.25) is 0 Å². The maximum Gasteiger partial charge on any atom is 0.343 e. The number of halogens is 1. The van der Waals surface area contributed by atoms with Gasteiger partial charge in [-0.1, -0.05) is 23.9 Å². The van der Waals surface area contributed by atoms with Crippen LogP contribution in [0.15, 0.2) is 34.2 Å². The molecule has 1 atom stereocenters. The highest BCUT2D eigenvalue weighted by atomic mass is 32.2. The standard InChI is InChI=1S/C16H21FN4O3S/c1-11(14(22)18-10-12-4-6-13(17)7-5-12)25-16-20-19-15(23)21(16)8-3-9-24-2/h4-7,11H,3,8-10H2,1-2H3,(H,18,22)(H,19,23)/t11-/m1/s1. The first kappa shape index (κ1) is 19.2. The fraction of sp³-hybridized carbons (Fsp3) is 0.438. The van der Waals surface area contributed by atoms with Gasteiger partial charge in [0.2, 0.25) is 5.91 Å². The van der Waals surface area contributed by atoms with E-state index in [1.165, 1.54) is 28.5 Å². The summed E-state index contributed by atoms with van der Waals surface area (Å²) in [5, 5.41) is 9.19. The number of carbonyl (C=O) groups excluding carboxylic acids is 1. The van der Waals surface area contributed by atoms with Crippen molar-refractivity contribution in [3.8, 4) is 0 Å². The molecule has 0 fully saturated rings. The van der Waals surface area contributed by atoms with Crippen LogP contribution in [0.1, 0.15) is 18.9 Å². The van der Waals surface area contributed by atoms with Gasteiger partial charge in [-0.15, -0.1) is 5.10 Å². The summed E-state index contributed by atoms with van der Waals surface area (Å²) in [6, 6.07) is 5.94. The Labute approximate surface area is 149 Å². The topological polar surface area (TPSA) is 89.0 Å². The molecule has 2 aromatic rings. The summed E-state index contributed by atoms with van der Waals surface area (Å²) in [6.07, 6.45) is 0.675. The number of nitrogens with zero attached hydrogens (tertiary/aromatic N) is 2. The molecule has 25 heavy (non-hydrogen) atoms. The Morgan fingerprint density at radius 3 is 2.84 bits per heavy atom. The van der Waals surface area contributed by atoms with Gasteiger partial charge in [0.15, 0.2) is 5.16 Å². The third kappa shape index (κ3) is 5.71. The number of methoxy groups -OCH3 is 1. The van der Waals surface area contributed by atoms with Crippen LogP contribution >= 0.6 is 11.8 Å². The quantitative estimate of drug-likeness (QED) is 0.518. The van der Waals surface area contributed by atoms with Gasteiger partial charge in [-0.05, 0) is 31.0 Å². The van der Waals surface area contributed by atoms with E-state index in [2.05, 4.69) is 15.5 Å². The van der Waals surface area contributed by atoms with Gasteiger partial charge in [-0.3, -0.25) is 9.36 Å². The Hall–Kier alpha value is -2.13. The van der Waals surface area contributed by atoms with Crippen molar-refractivity contribution in [3.63, 3.8) is 0 Å². The fourth-order valence-corrected chi connectivity index (χ4v) is 3.01. The van der Waals surface area contributed by atoms with Gasteiger partial charge in [0.1, 0.15) is 5.82 Å². The molecule has 1 aromatic heterocycles. The summed E-state index contributed by atoms with van der Waals surface area (Å²) in [5.41, 5.74) is 0.501. The van der Waals surface area contributed by atoms with Crippen LogP contribution in [0, 0.1) is 5.82 Å². The number of nitrogens with one attached hydrogen (secondary N) is 2. The number of hydrogen-bond acceptors (Lipinski definition) is 5. The molecular formula is C16H21FN4O3S. The predicted octanol–water partition coefficient (Wildman–Crippen LogP) is 1.54. The van der Waals surface area contributed by atoms with Gasteiger partial charge in [-0.2, -0.15) is 0 Å². The van der Waals surface area contributed by atoms with Crippen molar-refractivity contribution in [1.29, 1.82) is 0 Å². The molecule has 2 N–H and O–H groups in total. The maximum absolute atomic E-state index is 12.9. The minimum absolute atomic E-state index is 0.187. The third-order valence-electron chi connectivity index (χ3n) is 3.48. The van der Waals surface area contributed by atoms with Crippen molar-refractivity contribution in [3.05, 3.63) is 46.1 Å². The summed E-state index contributed by atoms with van der Waals surface area (Å²) in [5.74, 6) is -0.503. The van der Waals surface area contributed by atoms with Crippen LogP contribution in [-0.2, 0) is 22.6 Å². The van der Waals surface area contributed by atoms with Gasteiger partial charge in [0.25, 0.3) is 0 Å². The Bertz CT molecular complexity index is 745. The average molecular weight is 368 g/mol. The second kappa shape index (κ2) is 9.38. The molecule has 0 aliphatic heterocycles. The molecule has 9 heteroatoms. The van der Waals surface area contributed by atoms with Gasteiger partial charge in [0.05, 0.1) is 5.25 Å². The minimum Gasteiger partial charge on any atom is -0.385 e. The summed E-state index contributed by atoms with van der Waals surface area (Å²) < 4.78 is 19.3. The molecule has 1 aromatic carbocycles. The molecular weight excluding hydrogens is 347 g/mol. The van der Waals surface area contributed by atoms with Crippen LogP contribution in [0.5, 0.6) is 0 Å². The van der Waals surface area contributed by atoms with E-state index in [1.807, 2.05) is 0 Å². The number of hydrogen-bond donors (Lipinski definition) is 2. The Kier molecular flexibility index (Phi) is 7.20. The number of rotatable bonds is 9. The smallest absolute Gasteiger partial charge is 0.343 e. The number of carbonyl (C=O) groups is 1. The summed E-state index contributed by atoms with van der Waals surface area (Å²) in [6.45, 7) is 3.05. The molecule has 136 valence electrons. The Morgan fingerprint density at radius 2 is 2.16 bits per heavy atom. The molecule has 0 aliphatic carbocycles. The van der Waals surface area contributed by atoms with Crippen LogP contribution < -0.4 is 11.0 Å². The van der Waals surface area contributed by atoms with E-state index in [9.17, 15) is 14.0 Å². The Balaban J connectivity index is 1.90. The molecule has 0 spiro atoms. The summed E-state index contributed by atoms with van der Waals surface area (Å²) >= 11 is 1.20. The highest BCUT2D eigenvalue weighted by Crippen LogP contribution is 2.20. The normalized spacial score (nSPS) is 12.1. The lowest BCUT2D eigenvalue weighted by Crippen LogP contribution is -2.31. The van der Waals surface area contributed by atoms with Crippen LogP contribution in [0.3, 0.4) is 0 Å². The maximum atomic E-state index is 12.9.